The maximum atomic E-state index is 12.7. The van der Waals surface area contributed by atoms with Crippen LogP contribution in [-0.4, -0.2) is 34.9 Å². The second-order valence-corrected chi connectivity index (χ2v) is 7.59. The molecular weight excluding hydrogens is 342 g/mol. The Hall–Kier alpha value is -1.43. The van der Waals surface area contributed by atoms with E-state index in [1.807, 2.05) is 22.4 Å². The fourth-order valence-electron chi connectivity index (χ4n) is 3.94. The van der Waals surface area contributed by atoms with Gasteiger partial charge in [-0.1, -0.05) is 24.3 Å². The van der Waals surface area contributed by atoms with Crippen LogP contribution in [0.3, 0.4) is 0 Å². The van der Waals surface area contributed by atoms with Gasteiger partial charge in [-0.3, -0.25) is 4.79 Å². The van der Waals surface area contributed by atoms with Crippen LogP contribution in [0.2, 0.25) is 0 Å². The third kappa shape index (κ3) is 2.96. The molecule has 2 aliphatic rings. The summed E-state index contributed by atoms with van der Waals surface area (Å²) in [6, 6.07) is 8.41. The molecule has 6 heteroatoms. The quantitative estimate of drug-likeness (QED) is 0.890. The fraction of sp³-hybridized carbons (Fsp3) is 0.444. The summed E-state index contributed by atoms with van der Waals surface area (Å²) in [5, 5.41) is 2.81. The Morgan fingerprint density at radius 1 is 1.29 bits per heavy atom. The second kappa shape index (κ2) is 6.82. The van der Waals surface area contributed by atoms with Crippen molar-refractivity contribution >= 4 is 29.7 Å². The van der Waals surface area contributed by atoms with Crippen LogP contribution >= 0.6 is 23.7 Å². The van der Waals surface area contributed by atoms with E-state index in [0.717, 1.165) is 36.5 Å². The molecule has 1 aliphatic heterocycles. The standard InChI is InChI=1S/C18H21N3OS.ClH/c1-11-4-2-3-5-13(11)17-20-16(10-23-17)18(22)21-8-12-6-7-15(19)14(12)9-21;/h2-5,10,12,14-15H,6-9,19H2,1H3;1H. The first-order chi connectivity index (χ1) is 11.1. The first kappa shape index (κ1) is 17.4. The molecule has 1 aliphatic carbocycles. The lowest BCUT2D eigenvalue weighted by atomic mass is 9.98. The van der Waals surface area contributed by atoms with E-state index in [4.69, 9.17) is 5.73 Å². The summed E-state index contributed by atoms with van der Waals surface area (Å²) in [7, 11) is 0. The molecular formula is C18H22ClN3OS. The average Bonchev–Trinajstić information content (AvgIpc) is 3.25. The highest BCUT2D eigenvalue weighted by Crippen LogP contribution is 2.38. The molecule has 24 heavy (non-hydrogen) atoms. The summed E-state index contributed by atoms with van der Waals surface area (Å²) in [4.78, 5) is 19.3. The van der Waals surface area contributed by atoms with Crippen molar-refractivity contribution in [3.63, 3.8) is 0 Å². The van der Waals surface area contributed by atoms with E-state index in [9.17, 15) is 4.79 Å². The number of amides is 1. The van der Waals surface area contributed by atoms with Gasteiger partial charge in [0.2, 0.25) is 0 Å². The Morgan fingerprint density at radius 3 is 2.83 bits per heavy atom. The van der Waals surface area contributed by atoms with Gasteiger partial charge in [0.25, 0.3) is 5.91 Å². The number of carbonyl (C=O) groups is 1. The lowest BCUT2D eigenvalue weighted by Gasteiger charge is -2.17. The lowest BCUT2D eigenvalue weighted by molar-refractivity contribution is 0.0774. The topological polar surface area (TPSA) is 59.2 Å². The molecule has 1 saturated heterocycles. The van der Waals surface area contributed by atoms with Crippen molar-refractivity contribution in [3.8, 4) is 10.6 Å². The van der Waals surface area contributed by atoms with Gasteiger partial charge in [0.15, 0.2) is 0 Å². The summed E-state index contributed by atoms with van der Waals surface area (Å²) in [5.74, 6) is 1.12. The van der Waals surface area contributed by atoms with Crippen molar-refractivity contribution in [1.82, 2.24) is 9.88 Å². The van der Waals surface area contributed by atoms with Gasteiger partial charge in [0.1, 0.15) is 10.7 Å². The minimum atomic E-state index is 0. The molecule has 0 bridgehead atoms. The zero-order valence-electron chi connectivity index (χ0n) is 13.6. The van der Waals surface area contributed by atoms with Gasteiger partial charge in [-0.25, -0.2) is 4.98 Å². The van der Waals surface area contributed by atoms with Crippen molar-refractivity contribution in [2.75, 3.05) is 13.1 Å². The summed E-state index contributed by atoms with van der Waals surface area (Å²) >= 11 is 1.54. The highest BCUT2D eigenvalue weighted by molar-refractivity contribution is 7.13. The molecule has 3 atom stereocenters. The normalized spacial score (nSPS) is 25.4. The number of benzene rings is 1. The van der Waals surface area contributed by atoms with Gasteiger partial charge in [-0.05, 0) is 37.2 Å². The Morgan fingerprint density at radius 2 is 2.08 bits per heavy atom. The highest BCUT2D eigenvalue weighted by Gasteiger charge is 2.42. The van der Waals surface area contributed by atoms with E-state index in [0.29, 0.717) is 17.5 Å². The van der Waals surface area contributed by atoms with Crippen molar-refractivity contribution in [2.24, 2.45) is 17.6 Å². The molecule has 1 aromatic heterocycles. The van der Waals surface area contributed by atoms with Crippen LogP contribution < -0.4 is 5.73 Å². The number of nitrogens with two attached hydrogens (primary N) is 1. The maximum Gasteiger partial charge on any atom is 0.273 e. The predicted octanol–water partition coefficient (Wildman–Crippen LogP) is 3.35. The van der Waals surface area contributed by atoms with Crippen LogP contribution in [-0.2, 0) is 0 Å². The molecule has 1 amide bonds. The van der Waals surface area contributed by atoms with Gasteiger partial charge >= 0.3 is 0 Å². The second-order valence-electron chi connectivity index (χ2n) is 6.73. The molecule has 2 heterocycles. The number of likely N-dealkylation sites (tertiary alicyclic amines) is 1. The average molecular weight is 364 g/mol. The summed E-state index contributed by atoms with van der Waals surface area (Å²) in [6.07, 6.45) is 2.26. The molecule has 2 fully saturated rings. The van der Waals surface area contributed by atoms with E-state index in [1.165, 1.54) is 5.56 Å². The molecule has 0 radical (unpaired) electrons. The highest BCUT2D eigenvalue weighted by atomic mass is 35.5. The first-order valence-corrected chi connectivity index (χ1v) is 9.08. The molecule has 3 unspecified atom stereocenters. The van der Waals surface area contributed by atoms with Crippen molar-refractivity contribution < 1.29 is 4.79 Å². The number of thiazole rings is 1. The SMILES string of the molecule is Cc1ccccc1-c1nc(C(=O)N2CC3CCC(N)C3C2)cs1.Cl. The molecule has 0 spiro atoms. The van der Waals surface area contributed by atoms with Gasteiger partial charge < -0.3 is 10.6 Å². The minimum absolute atomic E-state index is 0. The lowest BCUT2D eigenvalue weighted by Crippen LogP contribution is -2.33. The zero-order valence-corrected chi connectivity index (χ0v) is 15.3. The number of aryl methyl sites for hydroxylation is 1. The van der Waals surface area contributed by atoms with Gasteiger partial charge in [0, 0.05) is 30.1 Å². The monoisotopic (exact) mass is 363 g/mol. The van der Waals surface area contributed by atoms with Crippen LogP contribution in [0.4, 0.5) is 0 Å². The first-order valence-electron chi connectivity index (χ1n) is 8.20. The fourth-order valence-corrected chi connectivity index (χ4v) is 4.83. The molecule has 1 aromatic carbocycles. The largest absolute Gasteiger partial charge is 0.337 e. The van der Waals surface area contributed by atoms with E-state index < -0.39 is 0 Å². The Kier molecular flexibility index (Phi) is 4.95. The number of halogens is 1. The van der Waals surface area contributed by atoms with Crippen molar-refractivity contribution in [3.05, 3.63) is 40.9 Å². The molecule has 2 N–H and O–H groups in total. The van der Waals surface area contributed by atoms with Gasteiger partial charge in [-0.15, -0.1) is 23.7 Å². The Labute approximate surface area is 152 Å². The molecule has 2 aromatic rings. The number of carbonyl (C=O) groups excluding carboxylic acids is 1. The van der Waals surface area contributed by atoms with Crippen LogP contribution in [0.25, 0.3) is 10.6 Å². The van der Waals surface area contributed by atoms with Crippen LogP contribution in [0.15, 0.2) is 29.6 Å². The smallest absolute Gasteiger partial charge is 0.273 e. The minimum Gasteiger partial charge on any atom is -0.337 e. The molecule has 4 nitrogen and oxygen atoms in total. The van der Waals surface area contributed by atoms with Crippen LogP contribution in [0.1, 0.15) is 28.9 Å². The predicted molar refractivity (Wildman–Crippen MR) is 99.6 cm³/mol. The van der Waals surface area contributed by atoms with Crippen molar-refractivity contribution in [2.45, 2.75) is 25.8 Å². The number of fused-ring (bicyclic) bond motifs is 1. The number of nitrogens with zero attached hydrogens (tertiary/aromatic N) is 2. The van der Waals surface area contributed by atoms with Crippen LogP contribution in [0.5, 0.6) is 0 Å². The number of hydrogen-bond donors (Lipinski definition) is 1. The van der Waals surface area contributed by atoms with E-state index in [-0.39, 0.29) is 24.4 Å². The van der Waals surface area contributed by atoms with Crippen LogP contribution in [0, 0.1) is 18.8 Å². The van der Waals surface area contributed by atoms with Gasteiger partial charge in [-0.2, -0.15) is 0 Å². The van der Waals surface area contributed by atoms with Crippen molar-refractivity contribution in [1.29, 1.82) is 0 Å². The number of aromatic nitrogens is 1. The van der Waals surface area contributed by atoms with Gasteiger partial charge in [0.05, 0.1) is 0 Å². The Balaban J connectivity index is 0.00000169. The van der Waals surface area contributed by atoms with E-state index in [2.05, 4.69) is 24.0 Å². The molecule has 4 rings (SSSR count). The number of rotatable bonds is 2. The Bertz CT molecular complexity index is 747. The zero-order chi connectivity index (χ0) is 16.0. The summed E-state index contributed by atoms with van der Waals surface area (Å²) in [5.41, 5.74) is 9.03. The molecule has 128 valence electrons. The summed E-state index contributed by atoms with van der Waals surface area (Å²) < 4.78 is 0. The van der Waals surface area contributed by atoms with E-state index in [1.54, 1.807) is 11.3 Å². The third-order valence-electron chi connectivity index (χ3n) is 5.30. The third-order valence-corrected chi connectivity index (χ3v) is 6.17. The summed E-state index contributed by atoms with van der Waals surface area (Å²) in [6.45, 7) is 3.71. The maximum absolute atomic E-state index is 12.7. The van der Waals surface area contributed by atoms with E-state index >= 15 is 0 Å². The number of hydrogen-bond acceptors (Lipinski definition) is 4. The molecule has 1 saturated carbocycles.